The number of carbonyl (C=O) groups excluding carboxylic acids is 1. The van der Waals surface area contributed by atoms with E-state index in [1.165, 1.54) is 0 Å². The Morgan fingerprint density at radius 2 is 1.75 bits per heavy atom. The van der Waals surface area contributed by atoms with E-state index in [9.17, 15) is 4.79 Å². The largest absolute Gasteiger partial charge is 0.503 e. The molecule has 24 heavy (non-hydrogen) atoms. The van der Waals surface area contributed by atoms with Gasteiger partial charge in [-0.3, -0.25) is 4.90 Å². The number of likely N-dealkylation sites (tertiary alicyclic amines) is 1. The number of ether oxygens (including phenoxy) is 2. The van der Waals surface area contributed by atoms with Crippen molar-refractivity contribution in [2.45, 2.75) is 78.3 Å². The fourth-order valence-electron chi connectivity index (χ4n) is 2.36. The van der Waals surface area contributed by atoms with Crippen LogP contribution in [0.5, 0.6) is 0 Å². The predicted octanol–water partition coefficient (Wildman–Crippen LogP) is 4.75. The fourth-order valence-corrected chi connectivity index (χ4v) is 3.75. The molecule has 0 aromatic heterocycles. The summed E-state index contributed by atoms with van der Waals surface area (Å²) < 4.78 is 17.3. The van der Waals surface area contributed by atoms with E-state index in [2.05, 4.69) is 40.8 Å². The van der Waals surface area contributed by atoms with E-state index in [1.807, 2.05) is 20.8 Å². The van der Waals surface area contributed by atoms with E-state index in [1.54, 1.807) is 18.3 Å². The number of hydrogen-bond donors (Lipinski definition) is 0. The molecule has 0 spiro atoms. The molecule has 1 rings (SSSR count). The van der Waals surface area contributed by atoms with Gasteiger partial charge in [0.25, 0.3) is 0 Å². The Morgan fingerprint density at radius 1 is 1.21 bits per heavy atom. The van der Waals surface area contributed by atoms with Crippen LogP contribution >= 0.6 is 0 Å². The molecule has 0 aromatic rings. The molecule has 5 nitrogen and oxygen atoms in total. The molecule has 0 aliphatic carbocycles. The smallest absolute Gasteiger partial charge is 0.414 e. The topological polar surface area (TPSA) is 48.0 Å². The molecule has 0 radical (unpaired) electrons. The number of carbonyl (C=O) groups is 1. The van der Waals surface area contributed by atoms with Crippen molar-refractivity contribution in [3.05, 3.63) is 12.0 Å². The quantitative estimate of drug-likeness (QED) is 0.540. The zero-order valence-corrected chi connectivity index (χ0v) is 18.0. The van der Waals surface area contributed by atoms with Gasteiger partial charge in [0.05, 0.1) is 25.5 Å². The lowest BCUT2D eigenvalue weighted by Gasteiger charge is -2.39. The highest BCUT2D eigenvalue weighted by atomic mass is 28.4. The third-order valence-corrected chi connectivity index (χ3v) is 9.31. The zero-order valence-electron chi connectivity index (χ0n) is 17.0. The highest BCUT2D eigenvalue weighted by Gasteiger charge is 2.46. The van der Waals surface area contributed by atoms with E-state index in [0.29, 0.717) is 6.54 Å². The minimum Gasteiger partial charge on any atom is -0.503 e. The summed E-state index contributed by atoms with van der Waals surface area (Å²) in [5.74, 6) is 0.0755. The molecule has 1 heterocycles. The Bertz CT molecular complexity index is 488. The van der Waals surface area contributed by atoms with Gasteiger partial charge in [-0.1, -0.05) is 27.7 Å². The highest BCUT2D eigenvalue weighted by Crippen LogP contribution is 2.41. The monoisotopic (exact) mass is 357 g/mol. The summed E-state index contributed by atoms with van der Waals surface area (Å²) in [6, 6.07) is 0. The van der Waals surface area contributed by atoms with Gasteiger partial charge in [0.15, 0.2) is 8.32 Å². The molecule has 0 bridgehead atoms. The third-order valence-electron chi connectivity index (χ3n) is 4.80. The van der Waals surface area contributed by atoms with Crippen LogP contribution in [0.1, 0.15) is 48.5 Å². The maximum absolute atomic E-state index is 12.6. The molecule has 0 N–H and O–H groups in total. The molecule has 1 saturated heterocycles. The Hall–Kier alpha value is -1.01. The van der Waals surface area contributed by atoms with Crippen LogP contribution in [-0.4, -0.2) is 44.7 Å². The maximum Gasteiger partial charge on any atom is 0.414 e. The van der Waals surface area contributed by atoms with Crippen molar-refractivity contribution in [1.82, 2.24) is 4.90 Å². The summed E-state index contributed by atoms with van der Waals surface area (Å²) in [6.07, 6.45) is 1.24. The lowest BCUT2D eigenvalue weighted by Crippen LogP contribution is -2.46. The van der Waals surface area contributed by atoms with Gasteiger partial charge in [-0.2, -0.15) is 0 Å². The summed E-state index contributed by atoms with van der Waals surface area (Å²) in [5.41, 5.74) is 0.284. The number of nitrogens with zero attached hydrogens (tertiary/aromatic N) is 1. The van der Waals surface area contributed by atoms with Crippen molar-refractivity contribution < 1.29 is 18.7 Å². The normalized spacial score (nSPS) is 24.4. The van der Waals surface area contributed by atoms with Gasteiger partial charge in [-0.15, -0.1) is 0 Å². The molecular weight excluding hydrogens is 322 g/mol. The van der Waals surface area contributed by atoms with Crippen LogP contribution < -0.4 is 0 Å². The van der Waals surface area contributed by atoms with Gasteiger partial charge < -0.3 is 13.9 Å². The summed E-state index contributed by atoms with van der Waals surface area (Å²) >= 11 is 0. The first kappa shape index (κ1) is 21.0. The van der Waals surface area contributed by atoms with Crippen LogP contribution in [0.3, 0.4) is 0 Å². The van der Waals surface area contributed by atoms with E-state index >= 15 is 0 Å². The first-order valence-electron chi connectivity index (χ1n) is 8.61. The van der Waals surface area contributed by atoms with Crippen molar-refractivity contribution in [2.75, 3.05) is 13.7 Å². The van der Waals surface area contributed by atoms with Gasteiger partial charge in [-0.25, -0.2) is 4.79 Å². The zero-order chi connectivity index (χ0) is 18.9. The minimum atomic E-state index is -1.92. The highest BCUT2D eigenvalue weighted by molar-refractivity contribution is 6.74. The maximum atomic E-state index is 12.6. The van der Waals surface area contributed by atoms with Crippen molar-refractivity contribution in [3.8, 4) is 0 Å². The van der Waals surface area contributed by atoms with Crippen molar-refractivity contribution in [3.63, 3.8) is 0 Å². The first-order chi connectivity index (χ1) is 10.7. The Kier molecular flexibility index (Phi) is 6.20. The molecule has 0 saturated carbocycles. The minimum absolute atomic E-state index is 0.0418. The predicted molar refractivity (Wildman–Crippen MR) is 99.3 cm³/mol. The SMILES string of the molecule is CO/C=C1\[C@H](C)[C@@H](O[Si](C)(C)C(C)(C)C)CN1C(=O)OC(C)(C)C. The Balaban J connectivity index is 3.01. The first-order valence-corrected chi connectivity index (χ1v) is 11.5. The van der Waals surface area contributed by atoms with Gasteiger partial charge in [0.1, 0.15) is 11.9 Å². The van der Waals surface area contributed by atoms with Gasteiger partial charge in [0.2, 0.25) is 0 Å². The van der Waals surface area contributed by atoms with E-state index in [4.69, 9.17) is 13.9 Å². The van der Waals surface area contributed by atoms with Crippen LogP contribution in [0.4, 0.5) is 4.79 Å². The summed E-state index contributed by atoms with van der Waals surface area (Å²) in [7, 11) is -0.330. The lowest BCUT2D eigenvalue weighted by atomic mass is 10.1. The second kappa shape index (κ2) is 7.08. The van der Waals surface area contributed by atoms with Gasteiger partial charge in [0, 0.05) is 5.92 Å². The number of amides is 1. The van der Waals surface area contributed by atoms with Crippen molar-refractivity contribution in [2.24, 2.45) is 5.92 Å². The lowest BCUT2D eigenvalue weighted by molar-refractivity contribution is 0.0307. The Morgan fingerprint density at radius 3 is 2.17 bits per heavy atom. The summed E-state index contributed by atoms with van der Waals surface area (Å²) in [6.45, 7) is 19.3. The van der Waals surface area contributed by atoms with Crippen molar-refractivity contribution in [1.29, 1.82) is 0 Å². The molecule has 0 unspecified atom stereocenters. The number of methoxy groups -OCH3 is 1. The van der Waals surface area contributed by atoms with Crippen LogP contribution in [-0.2, 0) is 13.9 Å². The molecule has 1 amide bonds. The molecule has 0 aromatic carbocycles. The Labute approximate surface area is 148 Å². The second-order valence-electron chi connectivity index (χ2n) is 9.07. The van der Waals surface area contributed by atoms with E-state index in [0.717, 1.165) is 5.70 Å². The summed E-state index contributed by atoms with van der Waals surface area (Å²) in [4.78, 5) is 14.2. The van der Waals surface area contributed by atoms with Crippen LogP contribution in [0.2, 0.25) is 18.1 Å². The average molecular weight is 358 g/mol. The van der Waals surface area contributed by atoms with Crippen LogP contribution in [0, 0.1) is 5.92 Å². The molecule has 1 aliphatic rings. The molecule has 140 valence electrons. The average Bonchev–Trinajstić information content (AvgIpc) is 2.64. The molecule has 6 heteroatoms. The van der Waals surface area contributed by atoms with Gasteiger partial charge in [-0.05, 0) is 38.9 Å². The summed E-state index contributed by atoms with van der Waals surface area (Å²) in [5, 5.41) is 0.122. The van der Waals surface area contributed by atoms with Crippen LogP contribution in [0.25, 0.3) is 0 Å². The third kappa shape index (κ3) is 4.99. The second-order valence-corrected chi connectivity index (χ2v) is 13.8. The van der Waals surface area contributed by atoms with E-state index in [-0.39, 0.29) is 23.2 Å². The molecular formula is C18H35NO4Si. The molecule has 2 atom stereocenters. The number of hydrogen-bond acceptors (Lipinski definition) is 4. The van der Waals surface area contributed by atoms with Gasteiger partial charge >= 0.3 is 6.09 Å². The molecule has 1 fully saturated rings. The fraction of sp³-hybridized carbons (Fsp3) is 0.833. The standard InChI is InChI=1S/C18H35NO4Si/c1-13-14(12-21-8)19(16(20)22-17(2,3)4)11-15(13)23-24(9,10)18(5,6)7/h12-13,15H,11H2,1-10H3/b14-12+/t13-,15-/m0/s1. The van der Waals surface area contributed by atoms with E-state index < -0.39 is 13.9 Å². The van der Waals surface area contributed by atoms with Crippen LogP contribution in [0.15, 0.2) is 12.0 Å². The molecule has 1 aliphatic heterocycles. The number of rotatable bonds is 3. The van der Waals surface area contributed by atoms with Crippen molar-refractivity contribution >= 4 is 14.4 Å².